The number of benzene rings is 3. The number of urea groups is 1. The summed E-state index contributed by atoms with van der Waals surface area (Å²) < 4.78 is 45.2. The van der Waals surface area contributed by atoms with E-state index in [1.807, 2.05) is 37.3 Å². The van der Waals surface area contributed by atoms with Crippen molar-refractivity contribution in [2.24, 2.45) is 5.92 Å². The molecule has 0 saturated carbocycles. The van der Waals surface area contributed by atoms with Crippen molar-refractivity contribution in [3.05, 3.63) is 89.5 Å². The van der Waals surface area contributed by atoms with E-state index in [1.54, 1.807) is 30.0 Å². The Morgan fingerprint density at radius 3 is 2.36 bits per heavy atom. The first kappa shape index (κ1) is 33.3. The lowest BCUT2D eigenvalue weighted by atomic mass is 10.0. The van der Waals surface area contributed by atoms with Crippen molar-refractivity contribution in [3.8, 4) is 5.75 Å². The minimum atomic E-state index is -4.49. The summed E-state index contributed by atoms with van der Waals surface area (Å²) in [6.07, 6.45) is -4.96. The lowest BCUT2D eigenvalue weighted by molar-refractivity contribution is -0.137. The fourth-order valence-electron chi connectivity index (χ4n) is 5.03. The third-order valence-corrected chi connectivity index (χ3v) is 7.67. The van der Waals surface area contributed by atoms with E-state index in [0.717, 1.165) is 17.7 Å². The van der Waals surface area contributed by atoms with Crippen molar-refractivity contribution in [2.75, 3.05) is 37.4 Å². The molecule has 0 unspecified atom stereocenters. The monoisotopic (exact) mass is 626 g/mol. The van der Waals surface area contributed by atoms with Crippen molar-refractivity contribution in [1.29, 1.82) is 0 Å². The molecule has 1 heterocycles. The van der Waals surface area contributed by atoms with Crippen LogP contribution in [0, 0.1) is 5.92 Å². The number of alkyl halides is 3. The molecule has 0 spiro atoms. The van der Waals surface area contributed by atoms with Gasteiger partial charge in [-0.3, -0.25) is 9.59 Å². The molecule has 0 saturated heterocycles. The first-order valence-electron chi connectivity index (χ1n) is 14.6. The van der Waals surface area contributed by atoms with Crippen molar-refractivity contribution < 1.29 is 37.4 Å². The molecular formula is C33H37F3N4O5. The topological polar surface area (TPSA) is 111 Å². The molecular weight excluding hydrogens is 589 g/mol. The number of nitrogens with one attached hydrogen (secondary N) is 2. The van der Waals surface area contributed by atoms with E-state index in [9.17, 15) is 32.7 Å². The van der Waals surface area contributed by atoms with Gasteiger partial charge in [0.25, 0.3) is 0 Å². The van der Waals surface area contributed by atoms with E-state index in [0.29, 0.717) is 17.0 Å². The normalized spacial score (nSPS) is 17.6. The molecule has 0 radical (unpaired) electrons. The second-order valence-electron chi connectivity index (χ2n) is 11.3. The SMILES string of the molecule is C[C@H]1CN([C@@H](C)CO)C(=O)Cc2cc(NC(=O)Cc3ccccc3)ccc2O[C@@H]1CN(C)C(=O)Nc1ccc(C(F)(F)F)cc1. The number of hydrogen-bond acceptors (Lipinski definition) is 5. The maximum Gasteiger partial charge on any atom is 0.416 e. The third kappa shape index (κ3) is 8.98. The first-order chi connectivity index (χ1) is 21.3. The van der Waals surface area contributed by atoms with Gasteiger partial charge in [-0.1, -0.05) is 37.3 Å². The zero-order valence-electron chi connectivity index (χ0n) is 25.3. The molecule has 3 atom stereocenters. The molecule has 45 heavy (non-hydrogen) atoms. The van der Waals surface area contributed by atoms with Crippen LogP contribution in [0.4, 0.5) is 29.3 Å². The highest BCUT2D eigenvalue weighted by atomic mass is 19.4. The summed E-state index contributed by atoms with van der Waals surface area (Å²) in [5.74, 6) is -0.328. The summed E-state index contributed by atoms with van der Waals surface area (Å²) in [5, 5.41) is 15.3. The fourth-order valence-corrected chi connectivity index (χ4v) is 5.03. The number of hydrogen-bond donors (Lipinski definition) is 3. The average Bonchev–Trinajstić information content (AvgIpc) is 3.04. The number of rotatable bonds is 8. The Balaban J connectivity index is 1.53. The van der Waals surface area contributed by atoms with Crippen molar-refractivity contribution in [2.45, 2.75) is 45.0 Å². The van der Waals surface area contributed by atoms with Crippen LogP contribution in [0.2, 0.25) is 0 Å². The number of anilines is 2. The van der Waals surface area contributed by atoms with E-state index in [4.69, 9.17) is 4.74 Å². The Labute approximate surface area is 260 Å². The molecule has 9 nitrogen and oxygen atoms in total. The van der Waals surface area contributed by atoms with Gasteiger partial charge in [0.2, 0.25) is 11.8 Å². The quantitative estimate of drug-likeness (QED) is 0.319. The Bertz CT molecular complexity index is 1480. The van der Waals surface area contributed by atoms with Crippen LogP contribution in [0.5, 0.6) is 5.75 Å². The second kappa shape index (κ2) is 14.5. The van der Waals surface area contributed by atoms with Crippen LogP contribution < -0.4 is 15.4 Å². The van der Waals surface area contributed by atoms with E-state index in [2.05, 4.69) is 10.6 Å². The lowest BCUT2D eigenvalue weighted by Crippen LogP contribution is -2.48. The first-order valence-corrected chi connectivity index (χ1v) is 14.6. The van der Waals surface area contributed by atoms with E-state index in [-0.39, 0.29) is 56.0 Å². The van der Waals surface area contributed by atoms with Crippen LogP contribution >= 0.6 is 0 Å². The highest BCUT2D eigenvalue weighted by Crippen LogP contribution is 2.31. The molecule has 0 bridgehead atoms. The summed E-state index contributed by atoms with van der Waals surface area (Å²) >= 11 is 0. The molecule has 1 aliphatic heterocycles. The van der Waals surface area contributed by atoms with Gasteiger partial charge in [0, 0.05) is 36.4 Å². The summed E-state index contributed by atoms with van der Waals surface area (Å²) in [6, 6.07) is 17.4. The highest BCUT2D eigenvalue weighted by Gasteiger charge is 2.32. The Morgan fingerprint density at radius 2 is 1.71 bits per heavy atom. The zero-order chi connectivity index (χ0) is 32.7. The Kier molecular flexibility index (Phi) is 10.7. The molecule has 4 amide bonds. The highest BCUT2D eigenvalue weighted by molar-refractivity contribution is 5.93. The summed E-state index contributed by atoms with van der Waals surface area (Å²) in [7, 11) is 1.54. The van der Waals surface area contributed by atoms with Crippen LogP contribution in [0.1, 0.15) is 30.5 Å². The molecule has 3 N–H and O–H groups in total. The number of nitrogens with zero attached hydrogens (tertiary/aromatic N) is 2. The minimum Gasteiger partial charge on any atom is -0.488 e. The number of halogens is 3. The number of aliphatic hydroxyl groups is 1. The predicted molar refractivity (Wildman–Crippen MR) is 164 cm³/mol. The van der Waals surface area contributed by atoms with Crippen molar-refractivity contribution in [1.82, 2.24) is 9.80 Å². The minimum absolute atomic E-state index is 0.0360. The number of ether oxygens (including phenoxy) is 1. The standard InChI is InChI=1S/C33H37F3N4O5/c1-21-18-40(22(2)20-41)31(43)17-24-16-27(37-30(42)15-23-7-5-4-6-8-23)13-14-28(24)45-29(21)19-39(3)32(44)38-26-11-9-25(10-12-26)33(34,35)36/h4-14,16,21-22,29,41H,15,17-20H2,1-3H3,(H,37,42)(H,38,44)/t21-,22-,29+/m0/s1. The number of likely N-dealkylation sites (N-methyl/N-ethyl adjacent to an activating group) is 1. The molecule has 4 rings (SSSR count). The average molecular weight is 627 g/mol. The van der Waals surface area contributed by atoms with Crippen LogP contribution in [0.25, 0.3) is 0 Å². The molecule has 12 heteroatoms. The van der Waals surface area contributed by atoms with Crippen LogP contribution in [-0.4, -0.2) is 71.6 Å². The number of aliphatic hydroxyl groups excluding tert-OH is 1. The van der Waals surface area contributed by atoms with Crippen molar-refractivity contribution in [3.63, 3.8) is 0 Å². The molecule has 0 aliphatic carbocycles. The molecule has 1 aliphatic rings. The summed E-state index contributed by atoms with van der Waals surface area (Å²) in [6.45, 7) is 3.69. The zero-order valence-corrected chi connectivity index (χ0v) is 25.3. The molecule has 0 fully saturated rings. The largest absolute Gasteiger partial charge is 0.488 e. The van der Waals surface area contributed by atoms with Gasteiger partial charge < -0.3 is 30.3 Å². The van der Waals surface area contributed by atoms with Crippen LogP contribution in [0.15, 0.2) is 72.8 Å². The van der Waals surface area contributed by atoms with Crippen LogP contribution in [0.3, 0.4) is 0 Å². The second-order valence-corrected chi connectivity index (χ2v) is 11.3. The molecule has 0 aromatic heterocycles. The number of amides is 4. The van der Waals surface area contributed by atoms with Crippen molar-refractivity contribution >= 4 is 29.2 Å². The molecule has 240 valence electrons. The van der Waals surface area contributed by atoms with Gasteiger partial charge in [0.1, 0.15) is 11.9 Å². The van der Waals surface area contributed by atoms with Gasteiger partial charge in [-0.2, -0.15) is 13.2 Å². The summed E-state index contributed by atoms with van der Waals surface area (Å²) in [5.41, 5.74) is 1.25. The van der Waals surface area contributed by atoms with Gasteiger partial charge in [0.05, 0.1) is 37.6 Å². The maximum atomic E-state index is 13.5. The van der Waals surface area contributed by atoms with Gasteiger partial charge in [0.15, 0.2) is 0 Å². The van der Waals surface area contributed by atoms with Gasteiger partial charge in [-0.05, 0) is 55.0 Å². The third-order valence-electron chi connectivity index (χ3n) is 7.67. The number of carbonyl (C=O) groups is 3. The number of carbonyl (C=O) groups excluding carboxylic acids is 3. The number of fused-ring (bicyclic) bond motifs is 1. The predicted octanol–water partition coefficient (Wildman–Crippen LogP) is 5.20. The molecule has 3 aromatic rings. The summed E-state index contributed by atoms with van der Waals surface area (Å²) in [4.78, 5) is 42.1. The van der Waals surface area contributed by atoms with E-state index in [1.165, 1.54) is 24.1 Å². The van der Waals surface area contributed by atoms with Crippen LogP contribution in [-0.2, 0) is 28.6 Å². The Morgan fingerprint density at radius 1 is 1.04 bits per heavy atom. The van der Waals surface area contributed by atoms with Gasteiger partial charge >= 0.3 is 12.2 Å². The lowest BCUT2D eigenvalue weighted by Gasteiger charge is -2.34. The van der Waals surface area contributed by atoms with Gasteiger partial charge in [-0.25, -0.2) is 4.79 Å². The Hall–Kier alpha value is -4.58. The van der Waals surface area contributed by atoms with E-state index < -0.39 is 29.9 Å². The molecule has 3 aromatic carbocycles. The van der Waals surface area contributed by atoms with E-state index >= 15 is 0 Å². The van der Waals surface area contributed by atoms with Gasteiger partial charge in [-0.15, -0.1) is 0 Å². The smallest absolute Gasteiger partial charge is 0.416 e. The maximum absolute atomic E-state index is 13.5. The fraction of sp³-hybridized carbons (Fsp3) is 0.364.